The van der Waals surface area contributed by atoms with Crippen LogP contribution in [0, 0.1) is 5.92 Å². The fourth-order valence-electron chi connectivity index (χ4n) is 3.11. The Labute approximate surface area is 122 Å². The Bertz CT molecular complexity index is 427. The maximum atomic E-state index is 5.94. The molecule has 0 N–H and O–H groups in total. The molecule has 1 aromatic rings. The van der Waals surface area contributed by atoms with Crippen molar-refractivity contribution in [3.63, 3.8) is 0 Å². The van der Waals surface area contributed by atoms with Crippen LogP contribution in [0.4, 0.5) is 0 Å². The number of morpholine rings is 1. The summed E-state index contributed by atoms with van der Waals surface area (Å²) in [6, 6.07) is 2.21. The minimum Gasteiger partial charge on any atom is -0.374 e. The van der Waals surface area contributed by atoms with Crippen LogP contribution in [0.5, 0.6) is 0 Å². The molecular weight excluding hydrogens is 250 g/mol. The lowest BCUT2D eigenvalue weighted by Gasteiger charge is -2.34. The molecule has 2 aliphatic rings. The Morgan fingerprint density at radius 3 is 2.90 bits per heavy atom. The first kappa shape index (κ1) is 14.1. The summed E-state index contributed by atoms with van der Waals surface area (Å²) in [4.78, 5) is 4.98. The first-order chi connectivity index (χ1) is 9.69. The van der Waals surface area contributed by atoms with Gasteiger partial charge in [0.2, 0.25) is 0 Å². The molecule has 112 valence electrons. The van der Waals surface area contributed by atoms with Gasteiger partial charge in [0.05, 0.1) is 12.7 Å². The second kappa shape index (κ2) is 6.29. The smallest absolute Gasteiger partial charge is 0.0829 e. The highest BCUT2D eigenvalue weighted by molar-refractivity contribution is 5.09. The van der Waals surface area contributed by atoms with Crippen LogP contribution in [0.15, 0.2) is 18.5 Å². The van der Waals surface area contributed by atoms with Crippen molar-refractivity contribution >= 4 is 0 Å². The Hall–Kier alpha value is -0.840. The van der Waals surface area contributed by atoms with E-state index in [-0.39, 0.29) is 0 Å². The molecule has 1 aliphatic carbocycles. The Balaban J connectivity index is 1.45. The van der Waals surface area contributed by atoms with Crippen LogP contribution >= 0.6 is 0 Å². The second-order valence-electron chi connectivity index (χ2n) is 6.58. The van der Waals surface area contributed by atoms with Gasteiger partial charge in [0.1, 0.15) is 0 Å². The van der Waals surface area contributed by atoms with Crippen molar-refractivity contribution < 1.29 is 4.74 Å². The van der Waals surface area contributed by atoms with Gasteiger partial charge in [0.15, 0.2) is 0 Å². The molecule has 2 heterocycles. The van der Waals surface area contributed by atoms with Crippen molar-refractivity contribution in [2.75, 3.05) is 39.8 Å². The number of nitrogens with zero attached hydrogens (tertiary/aromatic N) is 3. The zero-order chi connectivity index (χ0) is 13.9. The molecule has 0 radical (unpaired) electrons. The molecule has 1 saturated carbocycles. The number of aryl methyl sites for hydroxylation is 1. The standard InChI is InChI=1S/C16H27N3O/c1-17-6-5-15(10-17)11-19-7-8-20-16(13-19)12-18(2)9-14-3-4-14/h5-6,10,14,16H,3-4,7-9,11-13H2,1-2H3. The van der Waals surface area contributed by atoms with E-state index in [0.29, 0.717) is 6.10 Å². The molecule has 1 unspecified atom stereocenters. The van der Waals surface area contributed by atoms with Crippen LogP contribution in [0.25, 0.3) is 0 Å². The predicted octanol–water partition coefficient (Wildman–Crippen LogP) is 1.57. The van der Waals surface area contributed by atoms with E-state index >= 15 is 0 Å². The molecule has 1 aromatic heterocycles. The van der Waals surface area contributed by atoms with Crippen molar-refractivity contribution in [2.45, 2.75) is 25.5 Å². The number of rotatable bonds is 6. The molecule has 20 heavy (non-hydrogen) atoms. The number of ether oxygens (including phenoxy) is 1. The van der Waals surface area contributed by atoms with Crippen molar-refractivity contribution in [1.82, 2.24) is 14.4 Å². The molecule has 2 fully saturated rings. The van der Waals surface area contributed by atoms with Crippen LogP contribution in [-0.4, -0.2) is 60.3 Å². The number of hydrogen-bond donors (Lipinski definition) is 0. The zero-order valence-corrected chi connectivity index (χ0v) is 12.8. The first-order valence-corrected chi connectivity index (χ1v) is 7.82. The Morgan fingerprint density at radius 2 is 2.20 bits per heavy atom. The van der Waals surface area contributed by atoms with Gasteiger partial charge in [-0.05, 0) is 37.4 Å². The van der Waals surface area contributed by atoms with Gasteiger partial charge in [-0.25, -0.2) is 0 Å². The summed E-state index contributed by atoms with van der Waals surface area (Å²) in [7, 11) is 4.32. The normalized spacial score (nSPS) is 24.4. The number of likely N-dealkylation sites (N-methyl/N-ethyl adjacent to an activating group) is 1. The Kier molecular flexibility index (Phi) is 4.44. The maximum Gasteiger partial charge on any atom is 0.0829 e. The predicted molar refractivity (Wildman–Crippen MR) is 80.7 cm³/mol. The van der Waals surface area contributed by atoms with Gasteiger partial charge in [-0.2, -0.15) is 0 Å². The molecule has 4 nitrogen and oxygen atoms in total. The van der Waals surface area contributed by atoms with Crippen molar-refractivity contribution in [3.8, 4) is 0 Å². The van der Waals surface area contributed by atoms with Crippen LogP contribution in [0.3, 0.4) is 0 Å². The number of aromatic nitrogens is 1. The van der Waals surface area contributed by atoms with E-state index in [1.165, 1.54) is 24.9 Å². The quantitative estimate of drug-likeness (QED) is 0.787. The van der Waals surface area contributed by atoms with E-state index in [2.05, 4.69) is 46.9 Å². The number of hydrogen-bond acceptors (Lipinski definition) is 3. The molecule has 0 aromatic carbocycles. The monoisotopic (exact) mass is 277 g/mol. The second-order valence-corrected chi connectivity index (χ2v) is 6.58. The molecule has 1 aliphatic heterocycles. The van der Waals surface area contributed by atoms with E-state index in [0.717, 1.165) is 38.7 Å². The third-order valence-corrected chi connectivity index (χ3v) is 4.30. The minimum absolute atomic E-state index is 0.371. The van der Waals surface area contributed by atoms with Gasteiger partial charge >= 0.3 is 0 Å². The lowest BCUT2D eigenvalue weighted by Crippen LogP contribution is -2.46. The molecule has 1 saturated heterocycles. The largest absolute Gasteiger partial charge is 0.374 e. The van der Waals surface area contributed by atoms with Gasteiger partial charge < -0.3 is 14.2 Å². The average molecular weight is 277 g/mol. The fraction of sp³-hybridized carbons (Fsp3) is 0.750. The summed E-state index contributed by atoms with van der Waals surface area (Å²) >= 11 is 0. The van der Waals surface area contributed by atoms with E-state index < -0.39 is 0 Å². The summed E-state index contributed by atoms with van der Waals surface area (Å²) in [6.07, 6.45) is 7.56. The molecule has 0 bridgehead atoms. The van der Waals surface area contributed by atoms with Crippen molar-refractivity contribution in [2.24, 2.45) is 13.0 Å². The average Bonchev–Trinajstić information content (AvgIpc) is 3.11. The van der Waals surface area contributed by atoms with E-state index in [1.807, 2.05) is 0 Å². The van der Waals surface area contributed by atoms with Crippen LogP contribution in [0.1, 0.15) is 18.4 Å². The van der Waals surface area contributed by atoms with Gasteiger partial charge in [0, 0.05) is 52.2 Å². The van der Waals surface area contributed by atoms with Crippen molar-refractivity contribution in [1.29, 1.82) is 0 Å². The molecule has 0 amide bonds. The van der Waals surface area contributed by atoms with Gasteiger partial charge in [-0.3, -0.25) is 4.90 Å². The summed E-state index contributed by atoms with van der Waals surface area (Å²) in [6.45, 7) is 6.35. The van der Waals surface area contributed by atoms with Gasteiger partial charge in [-0.15, -0.1) is 0 Å². The maximum absolute atomic E-state index is 5.94. The van der Waals surface area contributed by atoms with Gasteiger partial charge in [-0.1, -0.05) is 0 Å². The van der Waals surface area contributed by atoms with E-state index in [1.54, 1.807) is 0 Å². The minimum atomic E-state index is 0.371. The van der Waals surface area contributed by atoms with E-state index in [9.17, 15) is 0 Å². The molecule has 3 rings (SSSR count). The molecule has 0 spiro atoms. The summed E-state index contributed by atoms with van der Waals surface area (Å²) < 4.78 is 8.06. The summed E-state index contributed by atoms with van der Waals surface area (Å²) in [5, 5.41) is 0. The van der Waals surface area contributed by atoms with Gasteiger partial charge in [0.25, 0.3) is 0 Å². The van der Waals surface area contributed by atoms with Crippen LogP contribution in [0.2, 0.25) is 0 Å². The highest BCUT2D eigenvalue weighted by atomic mass is 16.5. The molecule has 1 atom stereocenters. The summed E-state index contributed by atoms with van der Waals surface area (Å²) in [5.74, 6) is 0.962. The van der Waals surface area contributed by atoms with Crippen molar-refractivity contribution in [3.05, 3.63) is 24.0 Å². The highest BCUT2D eigenvalue weighted by Crippen LogP contribution is 2.29. The lowest BCUT2D eigenvalue weighted by molar-refractivity contribution is -0.0434. The molecular formula is C16H27N3O. The fourth-order valence-corrected chi connectivity index (χ4v) is 3.11. The topological polar surface area (TPSA) is 20.6 Å². The third kappa shape index (κ3) is 4.08. The van der Waals surface area contributed by atoms with Crippen LogP contribution < -0.4 is 0 Å². The lowest BCUT2D eigenvalue weighted by atomic mass is 10.2. The van der Waals surface area contributed by atoms with E-state index in [4.69, 9.17) is 4.74 Å². The van der Waals surface area contributed by atoms with Crippen LogP contribution in [-0.2, 0) is 18.3 Å². The Morgan fingerprint density at radius 1 is 1.35 bits per heavy atom. The third-order valence-electron chi connectivity index (χ3n) is 4.30. The first-order valence-electron chi connectivity index (χ1n) is 7.82. The summed E-state index contributed by atoms with van der Waals surface area (Å²) in [5.41, 5.74) is 1.40. The molecule has 4 heteroatoms. The zero-order valence-electron chi connectivity index (χ0n) is 12.8. The SMILES string of the molecule is CN(CC1CC1)CC1CN(Cc2ccn(C)c2)CCO1. The highest BCUT2D eigenvalue weighted by Gasteiger charge is 2.26.